The zero-order valence-corrected chi connectivity index (χ0v) is 10.4. The predicted octanol–water partition coefficient (Wildman–Crippen LogP) is 1.99. The van der Waals surface area contributed by atoms with E-state index >= 15 is 0 Å². The summed E-state index contributed by atoms with van der Waals surface area (Å²) in [6.07, 6.45) is 2.70. The van der Waals surface area contributed by atoms with Crippen molar-refractivity contribution in [2.75, 3.05) is 25.2 Å². The molecule has 1 aliphatic rings. The van der Waals surface area contributed by atoms with E-state index in [1.807, 2.05) is 13.1 Å². The number of hydrogen-bond acceptors (Lipinski definition) is 4. The monoisotopic (exact) mass is 244 g/mol. The van der Waals surface area contributed by atoms with Crippen molar-refractivity contribution >= 4 is 12.0 Å². The first-order valence-corrected chi connectivity index (χ1v) is 6.06. The van der Waals surface area contributed by atoms with E-state index in [9.17, 15) is 4.79 Å². The first-order chi connectivity index (χ1) is 8.76. The smallest absolute Gasteiger partial charge is 0.150 e. The largest absolute Gasteiger partial charge is 0.381 e. The van der Waals surface area contributed by atoms with Gasteiger partial charge in [-0.2, -0.15) is 5.26 Å². The fourth-order valence-corrected chi connectivity index (χ4v) is 2.29. The Hall–Kier alpha value is -1.86. The molecule has 1 aliphatic heterocycles. The van der Waals surface area contributed by atoms with Crippen molar-refractivity contribution in [3.05, 3.63) is 29.3 Å². The highest BCUT2D eigenvalue weighted by Crippen LogP contribution is 2.25. The number of benzene rings is 1. The number of ether oxygens (including phenoxy) is 1. The molecule has 1 saturated heterocycles. The van der Waals surface area contributed by atoms with E-state index in [2.05, 4.69) is 11.0 Å². The van der Waals surface area contributed by atoms with Crippen LogP contribution in [0.2, 0.25) is 0 Å². The molecule has 0 atom stereocenters. The number of aldehydes is 1. The minimum Gasteiger partial charge on any atom is -0.381 e. The summed E-state index contributed by atoms with van der Waals surface area (Å²) < 4.78 is 5.34. The normalized spacial score (nSPS) is 16.0. The first-order valence-electron chi connectivity index (χ1n) is 6.06. The van der Waals surface area contributed by atoms with Crippen LogP contribution in [0.5, 0.6) is 0 Å². The van der Waals surface area contributed by atoms with Crippen molar-refractivity contribution in [1.82, 2.24) is 0 Å². The maximum absolute atomic E-state index is 10.7. The molecule has 0 aliphatic carbocycles. The highest BCUT2D eigenvalue weighted by molar-refractivity contribution is 5.78. The van der Waals surface area contributed by atoms with Gasteiger partial charge in [0.05, 0.1) is 11.3 Å². The van der Waals surface area contributed by atoms with Crippen molar-refractivity contribution in [2.45, 2.75) is 18.9 Å². The highest BCUT2D eigenvalue weighted by Gasteiger charge is 2.20. The van der Waals surface area contributed by atoms with Gasteiger partial charge in [-0.3, -0.25) is 4.79 Å². The third kappa shape index (κ3) is 2.52. The van der Waals surface area contributed by atoms with Gasteiger partial charge >= 0.3 is 0 Å². The second-order valence-corrected chi connectivity index (χ2v) is 4.46. The summed E-state index contributed by atoms with van der Waals surface area (Å²) in [5, 5.41) is 9.17. The fraction of sp³-hybridized carbons (Fsp3) is 0.429. The molecule has 1 heterocycles. The molecule has 0 aromatic heterocycles. The van der Waals surface area contributed by atoms with E-state index in [1.54, 1.807) is 12.1 Å². The molecule has 1 aromatic rings. The van der Waals surface area contributed by atoms with Crippen LogP contribution < -0.4 is 4.90 Å². The summed E-state index contributed by atoms with van der Waals surface area (Å²) in [7, 11) is 1.99. The van der Waals surface area contributed by atoms with E-state index in [0.29, 0.717) is 17.2 Å². The van der Waals surface area contributed by atoms with Crippen LogP contribution >= 0.6 is 0 Å². The Bertz CT molecular complexity index is 473. The van der Waals surface area contributed by atoms with Crippen molar-refractivity contribution in [2.24, 2.45) is 0 Å². The fourth-order valence-electron chi connectivity index (χ4n) is 2.29. The second kappa shape index (κ2) is 5.65. The summed E-state index contributed by atoms with van der Waals surface area (Å²) in [5.74, 6) is 0. The summed E-state index contributed by atoms with van der Waals surface area (Å²) in [5.41, 5.74) is 1.97. The predicted molar refractivity (Wildman–Crippen MR) is 68.8 cm³/mol. The Morgan fingerprint density at radius 2 is 2.17 bits per heavy atom. The maximum Gasteiger partial charge on any atom is 0.150 e. The van der Waals surface area contributed by atoms with Gasteiger partial charge in [0.2, 0.25) is 0 Å². The molecule has 4 heteroatoms. The lowest BCUT2D eigenvalue weighted by molar-refractivity contribution is 0.0855. The lowest BCUT2D eigenvalue weighted by atomic mass is 10.0. The minimum absolute atomic E-state index is 0.396. The molecule has 0 spiro atoms. The lowest BCUT2D eigenvalue weighted by Gasteiger charge is -2.33. The third-order valence-corrected chi connectivity index (χ3v) is 3.40. The van der Waals surface area contributed by atoms with Crippen LogP contribution in [0, 0.1) is 11.3 Å². The molecule has 0 saturated carbocycles. The lowest BCUT2D eigenvalue weighted by Crippen LogP contribution is -2.37. The molecule has 94 valence electrons. The molecular formula is C14H16N2O2. The van der Waals surface area contributed by atoms with Gasteiger partial charge in [0.1, 0.15) is 12.4 Å². The number of anilines is 1. The Balaban J connectivity index is 2.26. The average Bonchev–Trinajstić information content (AvgIpc) is 2.46. The van der Waals surface area contributed by atoms with Crippen LogP contribution in [0.3, 0.4) is 0 Å². The molecule has 18 heavy (non-hydrogen) atoms. The number of nitrogens with zero attached hydrogens (tertiary/aromatic N) is 2. The second-order valence-electron chi connectivity index (χ2n) is 4.46. The van der Waals surface area contributed by atoms with E-state index in [4.69, 9.17) is 10.00 Å². The van der Waals surface area contributed by atoms with Gasteiger partial charge in [0.15, 0.2) is 0 Å². The van der Waals surface area contributed by atoms with Gasteiger partial charge < -0.3 is 9.64 Å². The molecule has 1 fully saturated rings. The molecule has 0 unspecified atom stereocenters. The molecule has 0 bridgehead atoms. The van der Waals surface area contributed by atoms with E-state index in [0.717, 1.165) is 38.0 Å². The van der Waals surface area contributed by atoms with Gasteiger partial charge in [-0.15, -0.1) is 0 Å². The molecule has 4 nitrogen and oxygen atoms in total. The molecule has 0 amide bonds. The van der Waals surface area contributed by atoms with Crippen LogP contribution in [-0.2, 0) is 4.74 Å². The number of rotatable bonds is 3. The van der Waals surface area contributed by atoms with Crippen molar-refractivity contribution in [3.63, 3.8) is 0 Å². The average molecular weight is 244 g/mol. The van der Waals surface area contributed by atoms with Crippen LogP contribution in [0.15, 0.2) is 18.2 Å². The topological polar surface area (TPSA) is 53.3 Å². The third-order valence-electron chi connectivity index (χ3n) is 3.40. The van der Waals surface area contributed by atoms with Crippen LogP contribution in [0.1, 0.15) is 28.8 Å². The Labute approximate surface area is 107 Å². The number of carbonyl (C=O) groups is 1. The minimum atomic E-state index is 0.396. The molecule has 0 N–H and O–H groups in total. The van der Waals surface area contributed by atoms with Gasteiger partial charge in [0, 0.05) is 31.9 Å². The summed E-state index contributed by atoms with van der Waals surface area (Å²) in [6.45, 7) is 1.53. The first kappa shape index (κ1) is 12.6. The van der Waals surface area contributed by atoms with Gasteiger partial charge in [-0.05, 0) is 31.0 Å². The van der Waals surface area contributed by atoms with Crippen LogP contribution in [0.25, 0.3) is 0 Å². The molecule has 2 rings (SSSR count). The SMILES string of the molecule is CN(c1ccc(C=O)cc1C#N)C1CCOCC1. The number of hydrogen-bond donors (Lipinski definition) is 0. The quantitative estimate of drug-likeness (QED) is 0.763. The highest BCUT2D eigenvalue weighted by atomic mass is 16.5. The summed E-state index contributed by atoms with van der Waals surface area (Å²) >= 11 is 0. The standard InChI is InChI=1S/C14H16N2O2/c1-16(13-4-6-18-7-5-13)14-3-2-11(10-17)8-12(14)9-15/h2-3,8,10,13H,4-7H2,1H3. The maximum atomic E-state index is 10.7. The van der Waals surface area contributed by atoms with Gasteiger partial charge in [0.25, 0.3) is 0 Å². The Morgan fingerprint density at radius 3 is 2.78 bits per heavy atom. The molecule has 1 aromatic carbocycles. The molecular weight excluding hydrogens is 228 g/mol. The van der Waals surface area contributed by atoms with E-state index < -0.39 is 0 Å². The zero-order chi connectivity index (χ0) is 13.0. The summed E-state index contributed by atoms with van der Waals surface area (Å²) in [6, 6.07) is 7.79. The number of nitriles is 1. The van der Waals surface area contributed by atoms with E-state index in [1.165, 1.54) is 0 Å². The number of carbonyl (C=O) groups excluding carboxylic acids is 1. The summed E-state index contributed by atoms with van der Waals surface area (Å²) in [4.78, 5) is 12.8. The van der Waals surface area contributed by atoms with Crippen molar-refractivity contribution in [1.29, 1.82) is 5.26 Å². The zero-order valence-electron chi connectivity index (χ0n) is 10.4. The van der Waals surface area contributed by atoms with Gasteiger partial charge in [-0.1, -0.05) is 0 Å². The Morgan fingerprint density at radius 1 is 1.44 bits per heavy atom. The van der Waals surface area contributed by atoms with Crippen molar-refractivity contribution < 1.29 is 9.53 Å². The Kier molecular flexibility index (Phi) is 3.96. The van der Waals surface area contributed by atoms with Gasteiger partial charge in [-0.25, -0.2) is 0 Å². The van der Waals surface area contributed by atoms with Crippen LogP contribution in [0.4, 0.5) is 5.69 Å². The van der Waals surface area contributed by atoms with E-state index in [-0.39, 0.29) is 0 Å². The van der Waals surface area contributed by atoms with Crippen LogP contribution in [-0.4, -0.2) is 32.6 Å². The van der Waals surface area contributed by atoms with Crippen molar-refractivity contribution in [3.8, 4) is 6.07 Å². The molecule has 0 radical (unpaired) electrons.